The van der Waals surface area contributed by atoms with Gasteiger partial charge in [0.2, 0.25) is 11.7 Å². The van der Waals surface area contributed by atoms with Gasteiger partial charge in [-0.2, -0.15) is 0 Å². The van der Waals surface area contributed by atoms with Gasteiger partial charge in [-0.25, -0.2) is 9.97 Å². The van der Waals surface area contributed by atoms with Crippen LogP contribution in [0.5, 0.6) is 0 Å². The molecular formula is C16H13N5OS. The Bertz CT molecular complexity index is 911. The quantitative estimate of drug-likeness (QED) is 0.536. The number of aryl methyl sites for hydroxylation is 1. The first kappa shape index (κ1) is 14.0. The summed E-state index contributed by atoms with van der Waals surface area (Å²) < 4.78 is 7.59. The summed E-state index contributed by atoms with van der Waals surface area (Å²) >= 11 is 1.46. The number of hydrogen-bond donors (Lipinski definition) is 0. The van der Waals surface area contributed by atoms with E-state index < -0.39 is 0 Å². The van der Waals surface area contributed by atoms with Crippen LogP contribution in [0.4, 0.5) is 0 Å². The normalized spacial score (nSPS) is 11.2. The SMILES string of the molecule is Cc1ccc(-c2nnc(SCc3cn4cccnc4n3)o2)cc1. The lowest BCUT2D eigenvalue weighted by Gasteiger charge is -1.95. The van der Waals surface area contributed by atoms with Crippen molar-refractivity contribution in [2.75, 3.05) is 0 Å². The number of rotatable bonds is 4. The monoisotopic (exact) mass is 323 g/mol. The molecule has 0 aliphatic carbocycles. The van der Waals surface area contributed by atoms with Crippen LogP contribution in [-0.4, -0.2) is 24.6 Å². The van der Waals surface area contributed by atoms with Crippen molar-refractivity contribution in [3.63, 3.8) is 0 Å². The molecule has 0 aliphatic heterocycles. The molecule has 0 spiro atoms. The summed E-state index contributed by atoms with van der Waals surface area (Å²) in [4.78, 5) is 8.64. The van der Waals surface area contributed by atoms with Crippen molar-refractivity contribution in [1.29, 1.82) is 0 Å². The minimum absolute atomic E-state index is 0.532. The number of hydrogen-bond acceptors (Lipinski definition) is 6. The van der Waals surface area contributed by atoms with E-state index in [1.54, 1.807) is 6.20 Å². The van der Waals surface area contributed by atoms with Crippen LogP contribution in [0.3, 0.4) is 0 Å². The molecule has 0 amide bonds. The summed E-state index contributed by atoms with van der Waals surface area (Å²) in [5, 5.41) is 8.71. The van der Waals surface area contributed by atoms with Crippen LogP contribution in [0.25, 0.3) is 17.2 Å². The van der Waals surface area contributed by atoms with Crippen LogP contribution in [-0.2, 0) is 5.75 Å². The van der Waals surface area contributed by atoms with E-state index in [9.17, 15) is 0 Å². The number of nitrogens with zero attached hydrogens (tertiary/aromatic N) is 5. The van der Waals surface area contributed by atoms with E-state index in [1.807, 2.05) is 54.0 Å². The topological polar surface area (TPSA) is 69.1 Å². The lowest BCUT2D eigenvalue weighted by atomic mass is 10.1. The molecule has 0 saturated heterocycles. The highest BCUT2D eigenvalue weighted by molar-refractivity contribution is 7.98. The van der Waals surface area contributed by atoms with Gasteiger partial charge in [0.25, 0.3) is 5.22 Å². The Labute approximate surface area is 136 Å². The van der Waals surface area contributed by atoms with E-state index >= 15 is 0 Å². The maximum Gasteiger partial charge on any atom is 0.277 e. The van der Waals surface area contributed by atoms with Crippen LogP contribution in [0, 0.1) is 6.92 Å². The van der Waals surface area contributed by atoms with E-state index in [0.29, 0.717) is 22.6 Å². The van der Waals surface area contributed by atoms with Crippen LogP contribution in [0.2, 0.25) is 0 Å². The van der Waals surface area contributed by atoms with Gasteiger partial charge in [0.1, 0.15) is 0 Å². The van der Waals surface area contributed by atoms with E-state index in [-0.39, 0.29) is 0 Å². The molecule has 23 heavy (non-hydrogen) atoms. The van der Waals surface area contributed by atoms with Gasteiger partial charge >= 0.3 is 0 Å². The number of fused-ring (bicyclic) bond motifs is 1. The lowest BCUT2D eigenvalue weighted by Crippen LogP contribution is -1.83. The molecule has 0 aliphatic rings. The standard InChI is InChI=1S/C16H13N5OS/c1-11-3-5-12(6-4-11)14-19-20-16(22-14)23-10-13-9-21-8-2-7-17-15(21)18-13/h2-9H,10H2,1H3. The number of benzene rings is 1. The van der Waals surface area contributed by atoms with Crippen molar-refractivity contribution in [2.24, 2.45) is 0 Å². The largest absolute Gasteiger partial charge is 0.411 e. The predicted octanol–water partition coefficient (Wildman–Crippen LogP) is 3.38. The van der Waals surface area contributed by atoms with Crippen molar-refractivity contribution in [2.45, 2.75) is 17.9 Å². The second-order valence-corrected chi connectivity index (χ2v) is 6.01. The summed E-state index contributed by atoms with van der Waals surface area (Å²) in [7, 11) is 0. The third kappa shape index (κ3) is 2.95. The smallest absolute Gasteiger partial charge is 0.277 e. The molecular weight excluding hydrogens is 310 g/mol. The van der Waals surface area contributed by atoms with Crippen molar-refractivity contribution in [1.82, 2.24) is 24.6 Å². The Morgan fingerprint density at radius 3 is 2.87 bits per heavy atom. The summed E-state index contributed by atoms with van der Waals surface area (Å²) in [5.41, 5.74) is 3.04. The van der Waals surface area contributed by atoms with Gasteiger partial charge in [0, 0.05) is 29.9 Å². The zero-order valence-electron chi connectivity index (χ0n) is 12.4. The average Bonchev–Trinajstić information content (AvgIpc) is 3.20. The highest BCUT2D eigenvalue weighted by Gasteiger charge is 2.10. The molecule has 0 atom stereocenters. The van der Waals surface area contributed by atoms with Crippen molar-refractivity contribution in [3.05, 3.63) is 60.2 Å². The molecule has 4 aromatic rings. The molecule has 0 bridgehead atoms. The zero-order chi connectivity index (χ0) is 15.6. The average molecular weight is 323 g/mol. The fraction of sp³-hybridized carbons (Fsp3) is 0.125. The Hall–Kier alpha value is -2.67. The van der Waals surface area contributed by atoms with Crippen LogP contribution in [0.15, 0.2) is 58.6 Å². The Morgan fingerprint density at radius 1 is 1.17 bits per heavy atom. The second-order valence-electron chi connectivity index (χ2n) is 5.09. The van der Waals surface area contributed by atoms with Gasteiger partial charge in [0.05, 0.1) is 5.69 Å². The molecule has 0 fully saturated rings. The summed E-state index contributed by atoms with van der Waals surface area (Å²) in [6, 6.07) is 9.87. The number of aromatic nitrogens is 5. The summed E-state index contributed by atoms with van der Waals surface area (Å²) in [6.07, 6.45) is 5.60. The van der Waals surface area contributed by atoms with Crippen LogP contribution < -0.4 is 0 Å². The molecule has 0 unspecified atom stereocenters. The Balaban J connectivity index is 1.48. The first-order chi connectivity index (χ1) is 11.3. The number of imidazole rings is 1. The third-order valence-electron chi connectivity index (χ3n) is 3.33. The Morgan fingerprint density at radius 2 is 2.04 bits per heavy atom. The van der Waals surface area contributed by atoms with Gasteiger partial charge in [-0.1, -0.05) is 29.5 Å². The van der Waals surface area contributed by atoms with Crippen molar-refractivity contribution >= 4 is 17.5 Å². The minimum Gasteiger partial charge on any atom is -0.411 e. The highest BCUT2D eigenvalue weighted by Crippen LogP contribution is 2.25. The highest BCUT2D eigenvalue weighted by atomic mass is 32.2. The third-order valence-corrected chi connectivity index (χ3v) is 4.19. The molecule has 0 saturated carbocycles. The molecule has 0 radical (unpaired) electrons. The van der Waals surface area contributed by atoms with Gasteiger partial charge in [-0.15, -0.1) is 10.2 Å². The van der Waals surface area contributed by atoms with Gasteiger partial charge < -0.3 is 4.42 Å². The maximum absolute atomic E-state index is 5.70. The molecule has 114 valence electrons. The first-order valence-corrected chi connectivity index (χ1v) is 8.08. The Kier molecular flexibility index (Phi) is 3.55. The lowest BCUT2D eigenvalue weighted by molar-refractivity contribution is 0.466. The molecule has 6 nitrogen and oxygen atoms in total. The molecule has 3 heterocycles. The minimum atomic E-state index is 0.532. The fourth-order valence-corrected chi connectivity index (χ4v) is 2.81. The van der Waals surface area contributed by atoms with Crippen molar-refractivity contribution < 1.29 is 4.42 Å². The summed E-state index contributed by atoms with van der Waals surface area (Å²) in [5.74, 6) is 1.87. The molecule has 3 aromatic heterocycles. The van der Waals surface area contributed by atoms with E-state index in [1.165, 1.54) is 17.3 Å². The predicted molar refractivity (Wildman–Crippen MR) is 87.0 cm³/mol. The molecule has 1 aromatic carbocycles. The molecule has 4 rings (SSSR count). The second kappa shape index (κ2) is 5.85. The van der Waals surface area contributed by atoms with Crippen LogP contribution in [0.1, 0.15) is 11.3 Å². The van der Waals surface area contributed by atoms with Crippen LogP contribution >= 0.6 is 11.8 Å². The summed E-state index contributed by atoms with van der Waals surface area (Å²) in [6.45, 7) is 2.04. The number of thioether (sulfide) groups is 1. The van der Waals surface area contributed by atoms with Gasteiger partial charge in [-0.05, 0) is 25.1 Å². The zero-order valence-corrected chi connectivity index (χ0v) is 13.2. The molecule has 7 heteroatoms. The van der Waals surface area contributed by atoms with Crippen molar-refractivity contribution in [3.8, 4) is 11.5 Å². The first-order valence-electron chi connectivity index (χ1n) is 7.10. The van der Waals surface area contributed by atoms with Gasteiger partial charge in [0.15, 0.2) is 0 Å². The molecule has 0 N–H and O–H groups in total. The van der Waals surface area contributed by atoms with Gasteiger partial charge in [-0.3, -0.25) is 4.40 Å². The van der Waals surface area contributed by atoms with E-state index in [2.05, 4.69) is 20.2 Å². The maximum atomic E-state index is 5.70. The van der Waals surface area contributed by atoms with E-state index in [0.717, 1.165) is 11.3 Å². The van der Waals surface area contributed by atoms with E-state index in [4.69, 9.17) is 4.42 Å². The fourth-order valence-electron chi connectivity index (χ4n) is 2.17.